The van der Waals surface area contributed by atoms with Crippen LogP contribution in [0.2, 0.25) is 0 Å². The van der Waals surface area contributed by atoms with Crippen molar-refractivity contribution in [3.8, 4) is 0 Å². The maximum Gasteiger partial charge on any atom is 2.00 e. The van der Waals surface area contributed by atoms with Gasteiger partial charge in [-0.1, -0.05) is 0 Å². The third kappa shape index (κ3) is 16.7. The number of hydrogen-bond donors (Lipinski definition) is 4. The van der Waals surface area contributed by atoms with E-state index in [1.165, 1.54) is 0 Å². The predicted molar refractivity (Wildman–Crippen MR) is 58.4 cm³/mol. The Labute approximate surface area is 209 Å². The van der Waals surface area contributed by atoms with E-state index in [0.717, 1.165) is 0 Å². The van der Waals surface area contributed by atoms with E-state index >= 15 is 0 Å². The molecular formula is C6H13MgNa3O10S. The molecule has 1 unspecified atom stereocenters. The number of carboxylic acids is 2. The fraction of sp³-hybridized carbons (Fsp3) is 0.500. The van der Waals surface area contributed by atoms with Crippen LogP contribution in [0, 0.1) is 0 Å². The molecule has 0 aromatic heterocycles. The zero-order valence-corrected chi connectivity index (χ0v) is 20.0. The van der Waals surface area contributed by atoms with Gasteiger partial charge in [0, 0.05) is 0 Å². The maximum absolute atomic E-state index is 10.8. The van der Waals surface area contributed by atoms with E-state index in [1.54, 1.807) is 0 Å². The van der Waals surface area contributed by atoms with Crippen LogP contribution in [0.3, 0.4) is 0 Å². The van der Waals surface area contributed by atoms with E-state index in [-0.39, 0.29) is 119 Å². The summed E-state index contributed by atoms with van der Waals surface area (Å²) >= 11 is 0. The number of rotatable bonds is 6. The Morgan fingerprint density at radius 2 is 1.43 bits per heavy atom. The molecule has 15 heteroatoms. The SMILES string of the molecule is O=C(O)CC(O)(CC(=O)OS(=O)(=O)O)C(=O)O.[H-].[H-].[H-].[H-].[H-].[Mg+2].[Na+].[Na+].[Na+]. The summed E-state index contributed by atoms with van der Waals surface area (Å²) in [6.07, 6.45) is -2.79. The van der Waals surface area contributed by atoms with Gasteiger partial charge in [0.25, 0.3) is 0 Å². The second-order valence-electron chi connectivity index (χ2n) is 2.97. The maximum atomic E-state index is 10.8. The van der Waals surface area contributed by atoms with Gasteiger partial charge in [-0.25, -0.2) is 4.79 Å². The summed E-state index contributed by atoms with van der Waals surface area (Å²) in [5.74, 6) is -5.58. The average molecular weight is 371 g/mol. The molecule has 0 aromatic carbocycles. The summed E-state index contributed by atoms with van der Waals surface area (Å²) in [6, 6.07) is 0. The average Bonchev–Trinajstić information content (AvgIpc) is 1.96. The predicted octanol–water partition coefficient (Wildman–Crippen LogP) is -10.8. The standard InChI is InChI=1S/C6H8O10S.Mg.3Na.5H/c7-3(8)1-6(12,5(10)11)2-4(9)16-17(13,14)15;;;;;;;;;/h12H,1-2H2,(H,7,8)(H,10,11)(H,13,14,15);;;;;;;;;/q;+2;3*+1;5*-1. The molecule has 0 aliphatic heterocycles. The van der Waals surface area contributed by atoms with Crippen LogP contribution in [0.25, 0.3) is 0 Å². The van der Waals surface area contributed by atoms with E-state index < -0.39 is 46.7 Å². The molecule has 4 N–H and O–H groups in total. The van der Waals surface area contributed by atoms with Crippen molar-refractivity contribution in [3.63, 3.8) is 0 Å². The first kappa shape index (κ1) is 34.4. The van der Waals surface area contributed by atoms with Crippen LogP contribution >= 0.6 is 0 Å². The molecule has 0 bridgehead atoms. The van der Waals surface area contributed by atoms with Crippen LogP contribution in [0.15, 0.2) is 0 Å². The van der Waals surface area contributed by atoms with E-state index in [0.29, 0.717) is 0 Å². The van der Waals surface area contributed by atoms with Crippen molar-refractivity contribution < 1.29 is 143 Å². The van der Waals surface area contributed by atoms with Crippen LogP contribution in [-0.2, 0) is 29.0 Å². The summed E-state index contributed by atoms with van der Waals surface area (Å²) in [5, 5.41) is 26.1. The fourth-order valence-corrected chi connectivity index (χ4v) is 1.14. The molecule has 0 aromatic rings. The van der Waals surface area contributed by atoms with Crippen LogP contribution in [0.1, 0.15) is 20.0 Å². The second-order valence-corrected chi connectivity index (χ2v) is 3.99. The van der Waals surface area contributed by atoms with Crippen molar-refractivity contribution in [1.29, 1.82) is 0 Å². The van der Waals surface area contributed by atoms with E-state index in [1.807, 2.05) is 0 Å². The molecule has 108 valence electrons. The molecular weight excluding hydrogens is 357 g/mol. The van der Waals surface area contributed by atoms with Crippen molar-refractivity contribution in [2.45, 2.75) is 18.4 Å². The Hall–Kier alpha value is 2.05. The van der Waals surface area contributed by atoms with Gasteiger partial charge in [0.2, 0.25) is 0 Å². The van der Waals surface area contributed by atoms with Gasteiger partial charge in [0.05, 0.1) is 12.8 Å². The minimum absolute atomic E-state index is 0. The van der Waals surface area contributed by atoms with Gasteiger partial charge in [0.15, 0.2) is 5.60 Å². The molecule has 0 amide bonds. The van der Waals surface area contributed by atoms with Gasteiger partial charge in [0.1, 0.15) is 0 Å². The third-order valence-electron chi connectivity index (χ3n) is 1.48. The van der Waals surface area contributed by atoms with Crippen LogP contribution in [0.4, 0.5) is 0 Å². The molecule has 1 atom stereocenters. The topological polar surface area (TPSA) is 175 Å². The number of carboxylic acid groups (broad SMARTS) is 2. The number of aliphatic carboxylic acids is 2. The van der Waals surface area contributed by atoms with E-state index in [9.17, 15) is 27.9 Å². The van der Waals surface area contributed by atoms with Gasteiger partial charge in [-0.3, -0.25) is 14.1 Å². The Morgan fingerprint density at radius 3 is 1.67 bits per heavy atom. The third-order valence-corrected chi connectivity index (χ3v) is 1.87. The molecule has 0 saturated carbocycles. The van der Waals surface area contributed by atoms with Crippen molar-refractivity contribution in [2.24, 2.45) is 0 Å². The number of carbonyl (C=O) groups excluding carboxylic acids is 1. The molecule has 0 saturated heterocycles. The summed E-state index contributed by atoms with van der Waals surface area (Å²) in [5.41, 5.74) is -3.02. The van der Waals surface area contributed by atoms with Crippen molar-refractivity contribution in [2.75, 3.05) is 0 Å². The fourth-order valence-electron chi connectivity index (χ4n) is 0.850. The first-order valence-corrected chi connectivity index (χ1v) is 5.20. The van der Waals surface area contributed by atoms with Crippen LogP contribution in [-0.4, -0.2) is 74.9 Å². The summed E-state index contributed by atoms with van der Waals surface area (Å²) in [7, 11) is -5.15. The Morgan fingerprint density at radius 1 is 1.05 bits per heavy atom. The quantitative estimate of drug-likeness (QED) is 0.259. The largest absolute Gasteiger partial charge is 2.00 e. The zero-order valence-electron chi connectivity index (χ0n) is 16.8. The Bertz CT molecular complexity index is 472. The molecule has 0 fully saturated rings. The molecule has 0 aliphatic carbocycles. The van der Waals surface area contributed by atoms with Crippen molar-refractivity contribution in [3.05, 3.63) is 0 Å². The smallest absolute Gasteiger partial charge is 1.00 e. The normalized spacial score (nSPS) is 11.9. The Balaban J connectivity index is -0.0000000356. The van der Waals surface area contributed by atoms with Gasteiger partial charge in [-0.2, -0.15) is 8.42 Å². The molecule has 21 heavy (non-hydrogen) atoms. The monoisotopic (exact) mass is 370 g/mol. The molecule has 0 radical (unpaired) electrons. The summed E-state index contributed by atoms with van der Waals surface area (Å²) in [6.45, 7) is 0. The first-order chi connectivity index (χ1) is 7.46. The minimum Gasteiger partial charge on any atom is -1.00 e. The summed E-state index contributed by atoms with van der Waals surface area (Å²) < 4.78 is 31.6. The van der Waals surface area contributed by atoms with Crippen molar-refractivity contribution >= 4 is 51.4 Å². The van der Waals surface area contributed by atoms with Gasteiger partial charge in [-0.05, 0) is 0 Å². The second kappa shape index (κ2) is 14.4. The number of carbonyl (C=O) groups is 3. The number of aliphatic hydroxyl groups is 1. The summed E-state index contributed by atoms with van der Waals surface area (Å²) in [4.78, 5) is 31.6. The molecule has 0 heterocycles. The van der Waals surface area contributed by atoms with Crippen molar-refractivity contribution in [1.82, 2.24) is 0 Å². The van der Waals surface area contributed by atoms with Gasteiger partial charge in [-0.15, -0.1) is 0 Å². The minimum atomic E-state index is -5.15. The van der Waals surface area contributed by atoms with Crippen LogP contribution < -0.4 is 88.7 Å². The van der Waals surface area contributed by atoms with Gasteiger partial charge >= 0.3 is 140 Å². The molecule has 0 spiro atoms. The van der Waals surface area contributed by atoms with E-state index in [2.05, 4.69) is 4.18 Å². The van der Waals surface area contributed by atoms with E-state index in [4.69, 9.17) is 14.8 Å². The first-order valence-electron chi connectivity index (χ1n) is 3.83. The molecule has 0 aliphatic rings. The molecule has 10 nitrogen and oxygen atoms in total. The Kier molecular flexibility index (Phi) is 23.6. The zero-order chi connectivity index (χ0) is 13.9. The number of hydrogen-bond acceptors (Lipinski definition) is 7. The van der Waals surface area contributed by atoms with Gasteiger partial charge < -0.3 is 26.6 Å². The molecule has 0 rings (SSSR count). The van der Waals surface area contributed by atoms with Crippen LogP contribution in [0.5, 0.6) is 0 Å².